The Morgan fingerprint density at radius 1 is 1.50 bits per heavy atom. The van der Waals surface area contributed by atoms with Crippen LogP contribution in [0.1, 0.15) is 18.5 Å². The summed E-state index contributed by atoms with van der Waals surface area (Å²) in [7, 11) is 1.91. The van der Waals surface area contributed by atoms with E-state index in [1.165, 1.54) is 0 Å². The lowest BCUT2D eigenvalue weighted by molar-refractivity contribution is 0.282. The first-order chi connectivity index (χ1) is 7.54. The van der Waals surface area contributed by atoms with E-state index in [0.29, 0.717) is 6.54 Å². The number of nitrogens with zero attached hydrogens (tertiary/aromatic N) is 2. The molecule has 3 N–H and O–H groups in total. The highest BCUT2D eigenvalue weighted by molar-refractivity contribution is 6.30. The van der Waals surface area contributed by atoms with Crippen LogP contribution in [-0.2, 0) is 0 Å². The maximum Gasteiger partial charge on any atom is 0.153 e. The Morgan fingerprint density at radius 2 is 2.06 bits per heavy atom. The molecule has 0 spiro atoms. The van der Waals surface area contributed by atoms with Crippen LogP contribution in [0.3, 0.4) is 0 Å². The number of likely N-dealkylation sites (N-methyl/N-ethyl adjacent to an activating group) is 1. The monoisotopic (exact) mass is 241 g/mol. The molecule has 0 aromatic heterocycles. The fraction of sp³-hybridized carbons (Fsp3) is 0.364. The smallest absolute Gasteiger partial charge is 0.153 e. The number of benzene rings is 1. The van der Waals surface area contributed by atoms with Crippen molar-refractivity contribution >= 4 is 17.4 Å². The van der Waals surface area contributed by atoms with Gasteiger partial charge in [-0.1, -0.05) is 28.9 Å². The van der Waals surface area contributed by atoms with Crippen LogP contribution in [0.5, 0.6) is 0 Å². The van der Waals surface area contributed by atoms with E-state index in [-0.39, 0.29) is 11.9 Å². The van der Waals surface area contributed by atoms with Crippen molar-refractivity contribution in [1.82, 2.24) is 4.90 Å². The van der Waals surface area contributed by atoms with E-state index in [9.17, 15) is 0 Å². The molecule has 0 saturated heterocycles. The lowest BCUT2D eigenvalue weighted by atomic mass is 10.1. The first-order valence-corrected chi connectivity index (χ1v) is 5.34. The molecule has 16 heavy (non-hydrogen) atoms. The van der Waals surface area contributed by atoms with Gasteiger partial charge in [-0.3, -0.25) is 4.90 Å². The second-order valence-corrected chi connectivity index (χ2v) is 4.17. The van der Waals surface area contributed by atoms with Crippen molar-refractivity contribution in [3.05, 3.63) is 34.9 Å². The average molecular weight is 242 g/mol. The van der Waals surface area contributed by atoms with Crippen LogP contribution in [-0.4, -0.2) is 29.5 Å². The van der Waals surface area contributed by atoms with Gasteiger partial charge in [-0.25, -0.2) is 0 Å². The number of oxime groups is 1. The van der Waals surface area contributed by atoms with Gasteiger partial charge in [0.1, 0.15) is 0 Å². The van der Waals surface area contributed by atoms with Gasteiger partial charge in [0, 0.05) is 11.1 Å². The summed E-state index contributed by atoms with van der Waals surface area (Å²) < 4.78 is 0. The lowest BCUT2D eigenvalue weighted by Gasteiger charge is -2.24. The SMILES string of the molecule is CC(c1ccc(Cl)cc1)N(C)CC(N)=NO. The number of hydrogen-bond acceptors (Lipinski definition) is 3. The second-order valence-electron chi connectivity index (χ2n) is 3.73. The molecule has 1 unspecified atom stereocenters. The summed E-state index contributed by atoms with van der Waals surface area (Å²) in [5.74, 6) is 0.198. The summed E-state index contributed by atoms with van der Waals surface area (Å²) in [6.07, 6.45) is 0. The molecule has 0 amide bonds. The van der Waals surface area contributed by atoms with Crippen LogP contribution >= 0.6 is 11.6 Å². The molecule has 88 valence electrons. The molecule has 0 aliphatic carbocycles. The van der Waals surface area contributed by atoms with Crippen molar-refractivity contribution in [1.29, 1.82) is 0 Å². The van der Waals surface area contributed by atoms with Crippen molar-refractivity contribution < 1.29 is 5.21 Å². The van der Waals surface area contributed by atoms with E-state index in [4.69, 9.17) is 22.5 Å². The maximum atomic E-state index is 8.49. The van der Waals surface area contributed by atoms with Crippen molar-refractivity contribution in [2.24, 2.45) is 10.9 Å². The molecule has 5 heteroatoms. The van der Waals surface area contributed by atoms with Gasteiger partial charge in [0.25, 0.3) is 0 Å². The maximum absolute atomic E-state index is 8.49. The second kappa shape index (κ2) is 5.72. The Labute approximate surface area is 100 Å². The normalized spacial score (nSPS) is 14.1. The number of amidine groups is 1. The van der Waals surface area contributed by atoms with Crippen LogP contribution < -0.4 is 5.73 Å². The van der Waals surface area contributed by atoms with Crippen molar-refractivity contribution in [3.8, 4) is 0 Å². The third kappa shape index (κ3) is 3.40. The van der Waals surface area contributed by atoms with Gasteiger partial charge in [-0.05, 0) is 31.7 Å². The summed E-state index contributed by atoms with van der Waals surface area (Å²) in [4.78, 5) is 1.98. The van der Waals surface area contributed by atoms with Crippen molar-refractivity contribution in [2.75, 3.05) is 13.6 Å². The van der Waals surface area contributed by atoms with Gasteiger partial charge in [0.2, 0.25) is 0 Å². The summed E-state index contributed by atoms with van der Waals surface area (Å²) in [6.45, 7) is 2.47. The zero-order valence-corrected chi connectivity index (χ0v) is 10.1. The number of hydrogen-bond donors (Lipinski definition) is 2. The molecule has 0 bridgehead atoms. The largest absolute Gasteiger partial charge is 0.409 e. The zero-order chi connectivity index (χ0) is 12.1. The number of nitrogens with two attached hydrogens (primary N) is 1. The Balaban J connectivity index is 2.70. The van der Waals surface area contributed by atoms with Crippen LogP contribution in [0.25, 0.3) is 0 Å². The fourth-order valence-corrected chi connectivity index (χ4v) is 1.55. The van der Waals surface area contributed by atoms with Gasteiger partial charge >= 0.3 is 0 Å². The van der Waals surface area contributed by atoms with Gasteiger partial charge in [0.15, 0.2) is 5.84 Å². The quantitative estimate of drug-likeness (QED) is 0.367. The molecule has 0 aliphatic heterocycles. The number of rotatable bonds is 4. The standard InChI is InChI=1S/C11H16ClN3O/c1-8(15(2)7-11(13)14-16)9-3-5-10(12)6-4-9/h3-6,8,16H,7H2,1-2H3,(H2,13,14). The molecular weight excluding hydrogens is 226 g/mol. The summed E-state index contributed by atoms with van der Waals surface area (Å²) >= 11 is 5.82. The molecule has 1 aromatic carbocycles. The fourth-order valence-electron chi connectivity index (χ4n) is 1.42. The Kier molecular flexibility index (Phi) is 4.58. The predicted octanol–water partition coefficient (Wildman–Crippen LogP) is 2.08. The molecule has 0 heterocycles. The Morgan fingerprint density at radius 3 is 2.56 bits per heavy atom. The minimum absolute atomic E-state index is 0.178. The van der Waals surface area contributed by atoms with E-state index >= 15 is 0 Å². The average Bonchev–Trinajstić information content (AvgIpc) is 2.28. The summed E-state index contributed by atoms with van der Waals surface area (Å²) in [5, 5.41) is 12.2. The minimum Gasteiger partial charge on any atom is -0.409 e. The third-order valence-electron chi connectivity index (χ3n) is 2.55. The van der Waals surface area contributed by atoms with Crippen LogP contribution in [0.15, 0.2) is 29.4 Å². The van der Waals surface area contributed by atoms with Crippen LogP contribution in [0.2, 0.25) is 5.02 Å². The van der Waals surface area contributed by atoms with Gasteiger partial charge < -0.3 is 10.9 Å². The Hall–Kier alpha value is -1.26. The van der Waals surface area contributed by atoms with Crippen molar-refractivity contribution in [2.45, 2.75) is 13.0 Å². The highest BCUT2D eigenvalue weighted by atomic mass is 35.5. The Bertz CT molecular complexity index is 364. The zero-order valence-electron chi connectivity index (χ0n) is 9.39. The van der Waals surface area contributed by atoms with Gasteiger partial charge in [-0.15, -0.1) is 0 Å². The molecular formula is C11H16ClN3O. The van der Waals surface area contributed by atoms with E-state index < -0.39 is 0 Å². The van der Waals surface area contributed by atoms with E-state index in [0.717, 1.165) is 10.6 Å². The molecule has 1 rings (SSSR count). The molecule has 0 saturated carbocycles. The third-order valence-corrected chi connectivity index (χ3v) is 2.81. The first-order valence-electron chi connectivity index (χ1n) is 4.96. The van der Waals surface area contributed by atoms with E-state index in [2.05, 4.69) is 5.16 Å². The number of halogens is 1. The van der Waals surface area contributed by atoms with Gasteiger partial charge in [0.05, 0.1) is 6.54 Å². The summed E-state index contributed by atoms with van der Waals surface area (Å²) in [6, 6.07) is 7.82. The molecule has 1 atom stereocenters. The molecule has 0 fully saturated rings. The van der Waals surface area contributed by atoms with Crippen LogP contribution in [0, 0.1) is 0 Å². The molecule has 0 aliphatic rings. The first kappa shape index (κ1) is 12.8. The highest BCUT2D eigenvalue weighted by Crippen LogP contribution is 2.20. The van der Waals surface area contributed by atoms with E-state index in [1.807, 2.05) is 43.1 Å². The van der Waals surface area contributed by atoms with Crippen LogP contribution in [0.4, 0.5) is 0 Å². The van der Waals surface area contributed by atoms with Crippen molar-refractivity contribution in [3.63, 3.8) is 0 Å². The lowest BCUT2D eigenvalue weighted by Crippen LogP contribution is -2.32. The highest BCUT2D eigenvalue weighted by Gasteiger charge is 2.12. The topological polar surface area (TPSA) is 61.8 Å². The molecule has 1 aromatic rings. The molecule has 0 radical (unpaired) electrons. The van der Waals surface area contributed by atoms with E-state index in [1.54, 1.807) is 0 Å². The van der Waals surface area contributed by atoms with Gasteiger partial charge in [-0.2, -0.15) is 0 Å². The predicted molar refractivity (Wildman–Crippen MR) is 65.9 cm³/mol. The minimum atomic E-state index is 0.178. The molecule has 4 nitrogen and oxygen atoms in total. The summed E-state index contributed by atoms with van der Waals surface area (Å²) in [5.41, 5.74) is 6.59.